The molecule has 0 amide bonds. The van der Waals surface area contributed by atoms with E-state index in [2.05, 4.69) is 64.8 Å². The molecule has 0 radical (unpaired) electrons. The van der Waals surface area contributed by atoms with E-state index in [0.29, 0.717) is 12.5 Å². The molecule has 0 aliphatic carbocycles. The maximum Gasteiger partial charge on any atom is 0.161 e. The lowest BCUT2D eigenvalue weighted by Crippen LogP contribution is -2.41. The first kappa shape index (κ1) is 18.8. The smallest absolute Gasteiger partial charge is 0.161 e. The van der Waals surface area contributed by atoms with Crippen LogP contribution in [-0.4, -0.2) is 37.4 Å². The first-order valence-corrected chi connectivity index (χ1v) is 10.2. The van der Waals surface area contributed by atoms with Crippen molar-refractivity contribution in [3.8, 4) is 11.5 Å². The van der Waals surface area contributed by atoms with E-state index in [0.717, 1.165) is 44.0 Å². The molecule has 0 bridgehead atoms. The fourth-order valence-electron chi connectivity index (χ4n) is 4.12. The minimum atomic E-state index is 0.184. The number of hydrogen-bond donors (Lipinski definition) is 1. The minimum absolute atomic E-state index is 0.184. The molecule has 0 saturated carbocycles. The SMILES string of the molecule is CCCOc1cc(C2NN=C3CCN(Cc4ccccc4)CC32)ccc1OC. The Hall–Kier alpha value is -2.53. The van der Waals surface area contributed by atoms with Crippen molar-refractivity contribution in [2.24, 2.45) is 11.0 Å². The Kier molecular flexibility index (Phi) is 5.81. The third-order valence-electron chi connectivity index (χ3n) is 5.57. The molecule has 2 aliphatic rings. The number of rotatable bonds is 7. The molecular weight excluding hydrogens is 350 g/mol. The monoisotopic (exact) mass is 379 g/mol. The van der Waals surface area contributed by atoms with Crippen LogP contribution in [0.15, 0.2) is 53.6 Å². The highest BCUT2D eigenvalue weighted by molar-refractivity contribution is 5.90. The lowest BCUT2D eigenvalue weighted by atomic mass is 9.86. The average molecular weight is 380 g/mol. The molecule has 148 valence electrons. The molecule has 2 aromatic rings. The summed E-state index contributed by atoms with van der Waals surface area (Å²) >= 11 is 0. The number of ether oxygens (including phenoxy) is 2. The van der Waals surface area contributed by atoms with Gasteiger partial charge in [-0.25, -0.2) is 0 Å². The van der Waals surface area contributed by atoms with Crippen molar-refractivity contribution in [3.05, 3.63) is 59.7 Å². The molecule has 0 spiro atoms. The predicted molar refractivity (Wildman–Crippen MR) is 112 cm³/mol. The van der Waals surface area contributed by atoms with Crippen molar-refractivity contribution in [3.63, 3.8) is 0 Å². The van der Waals surface area contributed by atoms with Crippen LogP contribution in [0.25, 0.3) is 0 Å². The largest absolute Gasteiger partial charge is 0.493 e. The van der Waals surface area contributed by atoms with Gasteiger partial charge in [-0.2, -0.15) is 5.10 Å². The van der Waals surface area contributed by atoms with E-state index in [1.807, 2.05) is 6.07 Å². The van der Waals surface area contributed by atoms with Gasteiger partial charge in [-0.1, -0.05) is 43.3 Å². The maximum atomic E-state index is 5.91. The lowest BCUT2D eigenvalue weighted by Gasteiger charge is -2.33. The van der Waals surface area contributed by atoms with Crippen molar-refractivity contribution in [2.75, 3.05) is 26.8 Å². The summed E-state index contributed by atoms with van der Waals surface area (Å²) in [5.41, 5.74) is 7.25. The zero-order valence-electron chi connectivity index (χ0n) is 16.7. The van der Waals surface area contributed by atoms with Crippen LogP contribution in [0.3, 0.4) is 0 Å². The number of nitrogens with one attached hydrogen (secondary N) is 1. The number of hydrazone groups is 1. The number of piperidine rings is 1. The molecule has 1 N–H and O–H groups in total. The van der Waals surface area contributed by atoms with Crippen molar-refractivity contribution >= 4 is 5.71 Å². The van der Waals surface area contributed by atoms with E-state index in [-0.39, 0.29) is 6.04 Å². The Balaban J connectivity index is 1.50. The predicted octanol–water partition coefficient (Wildman–Crippen LogP) is 4.01. The highest BCUT2D eigenvalue weighted by atomic mass is 16.5. The van der Waals surface area contributed by atoms with Gasteiger partial charge in [0.05, 0.1) is 19.8 Å². The van der Waals surface area contributed by atoms with Gasteiger partial charge in [-0.15, -0.1) is 0 Å². The summed E-state index contributed by atoms with van der Waals surface area (Å²) in [7, 11) is 1.69. The highest BCUT2D eigenvalue weighted by Crippen LogP contribution is 2.37. The first-order chi connectivity index (χ1) is 13.8. The fraction of sp³-hybridized carbons (Fsp3) is 0.435. The summed E-state index contributed by atoms with van der Waals surface area (Å²) < 4.78 is 11.4. The maximum absolute atomic E-state index is 5.91. The second-order valence-corrected chi connectivity index (χ2v) is 7.55. The molecule has 5 heteroatoms. The number of hydrogen-bond acceptors (Lipinski definition) is 5. The number of methoxy groups -OCH3 is 1. The van der Waals surface area contributed by atoms with Gasteiger partial charge in [0.2, 0.25) is 0 Å². The van der Waals surface area contributed by atoms with E-state index in [9.17, 15) is 0 Å². The van der Waals surface area contributed by atoms with Crippen LogP contribution in [0.1, 0.15) is 36.9 Å². The van der Waals surface area contributed by atoms with E-state index >= 15 is 0 Å². The highest BCUT2D eigenvalue weighted by Gasteiger charge is 2.37. The molecule has 1 saturated heterocycles. The van der Waals surface area contributed by atoms with Crippen molar-refractivity contribution in [1.82, 2.24) is 10.3 Å². The Labute approximate surface area is 167 Å². The van der Waals surface area contributed by atoms with Crippen LogP contribution in [0.4, 0.5) is 0 Å². The van der Waals surface area contributed by atoms with Crippen molar-refractivity contribution in [2.45, 2.75) is 32.4 Å². The molecule has 1 fully saturated rings. The Morgan fingerprint density at radius 1 is 1.14 bits per heavy atom. The molecule has 2 aliphatic heterocycles. The van der Waals surface area contributed by atoms with E-state index in [4.69, 9.17) is 9.47 Å². The number of nitrogens with zero attached hydrogens (tertiary/aromatic N) is 2. The molecule has 0 aromatic heterocycles. The van der Waals surface area contributed by atoms with Crippen molar-refractivity contribution < 1.29 is 9.47 Å². The zero-order valence-corrected chi connectivity index (χ0v) is 16.7. The van der Waals surface area contributed by atoms with Gasteiger partial charge < -0.3 is 14.9 Å². The molecule has 2 aromatic carbocycles. The van der Waals surface area contributed by atoms with Crippen LogP contribution in [-0.2, 0) is 6.54 Å². The van der Waals surface area contributed by atoms with Crippen molar-refractivity contribution in [1.29, 1.82) is 0 Å². The molecule has 2 atom stereocenters. The first-order valence-electron chi connectivity index (χ1n) is 10.2. The number of benzene rings is 2. The van der Waals surface area contributed by atoms with E-state index in [1.165, 1.54) is 16.8 Å². The second-order valence-electron chi connectivity index (χ2n) is 7.55. The zero-order chi connectivity index (χ0) is 19.3. The van der Waals surface area contributed by atoms with E-state index in [1.54, 1.807) is 7.11 Å². The third kappa shape index (κ3) is 3.99. The van der Waals surface area contributed by atoms with Gasteiger partial charge in [-0.05, 0) is 29.7 Å². The van der Waals surface area contributed by atoms with Gasteiger partial charge >= 0.3 is 0 Å². The fourth-order valence-corrected chi connectivity index (χ4v) is 4.12. The Morgan fingerprint density at radius 3 is 2.79 bits per heavy atom. The van der Waals surface area contributed by atoms with Crippen LogP contribution in [0.2, 0.25) is 0 Å². The Bertz CT molecular complexity index is 822. The third-order valence-corrected chi connectivity index (χ3v) is 5.57. The molecule has 2 heterocycles. The van der Waals surface area contributed by atoms with Gasteiger partial charge in [-0.3, -0.25) is 4.90 Å². The quantitative estimate of drug-likeness (QED) is 0.790. The van der Waals surface area contributed by atoms with Crippen LogP contribution >= 0.6 is 0 Å². The lowest BCUT2D eigenvalue weighted by molar-refractivity contribution is 0.220. The Morgan fingerprint density at radius 2 is 2.00 bits per heavy atom. The van der Waals surface area contributed by atoms with Crippen LogP contribution in [0, 0.1) is 5.92 Å². The van der Waals surface area contributed by atoms with Gasteiger partial charge in [0.25, 0.3) is 0 Å². The van der Waals surface area contributed by atoms with Gasteiger partial charge in [0.1, 0.15) is 0 Å². The van der Waals surface area contributed by atoms with Gasteiger partial charge in [0.15, 0.2) is 11.5 Å². The second kappa shape index (κ2) is 8.65. The molecule has 2 unspecified atom stereocenters. The molecular formula is C23H29N3O2. The van der Waals surface area contributed by atoms with E-state index < -0.39 is 0 Å². The number of fused-ring (bicyclic) bond motifs is 1. The summed E-state index contributed by atoms with van der Waals surface area (Å²) in [6, 6.07) is 17.1. The number of likely N-dealkylation sites (tertiary alicyclic amines) is 1. The molecule has 5 nitrogen and oxygen atoms in total. The van der Waals surface area contributed by atoms with Crippen LogP contribution < -0.4 is 14.9 Å². The summed E-state index contributed by atoms with van der Waals surface area (Å²) in [6.07, 6.45) is 2.00. The summed E-state index contributed by atoms with van der Waals surface area (Å²) in [4.78, 5) is 2.54. The van der Waals surface area contributed by atoms with Gasteiger partial charge in [0, 0.05) is 37.7 Å². The molecule has 4 rings (SSSR count). The minimum Gasteiger partial charge on any atom is -0.493 e. The standard InChI is InChI=1S/C23H29N3O2/c1-3-13-28-22-14-18(9-10-21(22)27-2)23-19-16-26(12-11-20(19)24-25-23)15-17-7-5-4-6-8-17/h4-10,14,19,23,25H,3,11-13,15-16H2,1-2H3. The summed E-state index contributed by atoms with van der Waals surface area (Å²) in [5.74, 6) is 1.99. The molecule has 28 heavy (non-hydrogen) atoms. The normalized spacial score (nSPS) is 21.6. The topological polar surface area (TPSA) is 46.1 Å². The summed E-state index contributed by atoms with van der Waals surface area (Å²) in [6.45, 7) is 5.87. The average Bonchev–Trinajstić information content (AvgIpc) is 3.16. The summed E-state index contributed by atoms with van der Waals surface area (Å²) in [5, 5.41) is 4.66. The van der Waals surface area contributed by atoms with Crippen LogP contribution in [0.5, 0.6) is 11.5 Å².